The molecular formula is C20H24N2O3S. The van der Waals surface area contributed by atoms with Crippen molar-refractivity contribution < 1.29 is 15.0 Å². The SMILES string of the molecule is Cc1ccc(/C(=C\C2CCCC2)C(=O)Nc2nc(C(O)CO)cs2)cc1. The van der Waals surface area contributed by atoms with Gasteiger partial charge in [-0.05, 0) is 31.2 Å². The monoisotopic (exact) mass is 372 g/mol. The summed E-state index contributed by atoms with van der Waals surface area (Å²) in [5.41, 5.74) is 3.07. The highest BCUT2D eigenvalue weighted by Crippen LogP contribution is 2.30. The zero-order chi connectivity index (χ0) is 18.5. The number of aromatic nitrogens is 1. The third-order valence-electron chi connectivity index (χ3n) is 4.67. The summed E-state index contributed by atoms with van der Waals surface area (Å²) in [6.07, 6.45) is 5.71. The molecule has 1 aliphatic carbocycles. The molecule has 1 aliphatic rings. The van der Waals surface area contributed by atoms with E-state index in [4.69, 9.17) is 5.11 Å². The van der Waals surface area contributed by atoms with Crippen molar-refractivity contribution in [1.82, 2.24) is 4.98 Å². The van der Waals surface area contributed by atoms with Gasteiger partial charge in [-0.2, -0.15) is 0 Å². The molecule has 6 heteroatoms. The zero-order valence-corrected chi connectivity index (χ0v) is 15.6. The Morgan fingerprint density at radius 3 is 2.69 bits per heavy atom. The molecule has 138 valence electrons. The molecule has 26 heavy (non-hydrogen) atoms. The van der Waals surface area contributed by atoms with Gasteiger partial charge in [0.15, 0.2) is 5.13 Å². The number of hydrogen-bond donors (Lipinski definition) is 3. The van der Waals surface area contributed by atoms with Crippen LogP contribution in [0.25, 0.3) is 5.57 Å². The Morgan fingerprint density at radius 1 is 1.35 bits per heavy atom. The molecule has 0 bridgehead atoms. The first-order valence-electron chi connectivity index (χ1n) is 8.91. The lowest BCUT2D eigenvalue weighted by molar-refractivity contribution is -0.111. The summed E-state index contributed by atoms with van der Waals surface area (Å²) in [6, 6.07) is 7.95. The predicted molar refractivity (Wildman–Crippen MR) is 104 cm³/mol. The van der Waals surface area contributed by atoms with Gasteiger partial charge in [0.25, 0.3) is 5.91 Å². The van der Waals surface area contributed by atoms with Crippen LogP contribution in [-0.4, -0.2) is 27.7 Å². The van der Waals surface area contributed by atoms with Gasteiger partial charge in [-0.15, -0.1) is 11.3 Å². The first-order chi connectivity index (χ1) is 12.6. The molecule has 1 saturated carbocycles. The van der Waals surface area contributed by atoms with Crippen LogP contribution in [0.3, 0.4) is 0 Å². The molecule has 5 nitrogen and oxygen atoms in total. The smallest absolute Gasteiger partial charge is 0.257 e. The van der Waals surface area contributed by atoms with E-state index in [0.717, 1.165) is 24.0 Å². The molecule has 1 heterocycles. The van der Waals surface area contributed by atoms with Crippen LogP contribution in [0.4, 0.5) is 5.13 Å². The third-order valence-corrected chi connectivity index (χ3v) is 5.44. The van der Waals surface area contributed by atoms with Crippen molar-refractivity contribution in [1.29, 1.82) is 0 Å². The molecule has 1 fully saturated rings. The van der Waals surface area contributed by atoms with E-state index in [0.29, 0.717) is 22.3 Å². The fourth-order valence-electron chi connectivity index (χ4n) is 3.15. The van der Waals surface area contributed by atoms with E-state index >= 15 is 0 Å². The van der Waals surface area contributed by atoms with Crippen LogP contribution in [0.15, 0.2) is 35.7 Å². The van der Waals surface area contributed by atoms with Gasteiger partial charge >= 0.3 is 0 Å². The Morgan fingerprint density at radius 2 is 2.04 bits per heavy atom. The predicted octanol–water partition coefficient (Wildman–Crippen LogP) is 3.69. The average Bonchev–Trinajstić information content (AvgIpc) is 3.31. The fraction of sp³-hybridized carbons (Fsp3) is 0.400. The number of nitrogens with zero attached hydrogens (tertiary/aromatic N) is 1. The number of thiazole rings is 1. The van der Waals surface area contributed by atoms with Crippen LogP contribution in [0.5, 0.6) is 0 Å². The second-order valence-corrected chi connectivity index (χ2v) is 7.58. The Balaban J connectivity index is 1.82. The second kappa shape index (κ2) is 8.58. The summed E-state index contributed by atoms with van der Waals surface area (Å²) in [5, 5.41) is 23.6. The molecule has 2 aromatic rings. The van der Waals surface area contributed by atoms with Crippen molar-refractivity contribution in [2.75, 3.05) is 11.9 Å². The zero-order valence-electron chi connectivity index (χ0n) is 14.8. The summed E-state index contributed by atoms with van der Waals surface area (Å²) in [6.45, 7) is 1.63. The molecule has 1 amide bonds. The lowest BCUT2D eigenvalue weighted by Gasteiger charge is -2.11. The molecule has 3 rings (SSSR count). The normalized spacial score (nSPS) is 16.7. The van der Waals surface area contributed by atoms with Crippen molar-refractivity contribution >= 4 is 27.9 Å². The third kappa shape index (κ3) is 4.58. The van der Waals surface area contributed by atoms with Gasteiger partial charge in [-0.1, -0.05) is 48.7 Å². The van der Waals surface area contributed by atoms with E-state index in [-0.39, 0.29) is 5.91 Å². The highest BCUT2D eigenvalue weighted by atomic mass is 32.1. The number of aryl methyl sites for hydroxylation is 1. The minimum Gasteiger partial charge on any atom is -0.393 e. The molecule has 1 unspecified atom stereocenters. The van der Waals surface area contributed by atoms with Gasteiger partial charge in [-0.3, -0.25) is 10.1 Å². The van der Waals surface area contributed by atoms with E-state index in [9.17, 15) is 9.90 Å². The number of anilines is 1. The standard InChI is InChI=1S/C20H24N2O3S/c1-13-6-8-15(9-7-13)16(10-14-4-2-3-5-14)19(25)22-20-21-17(12-26-20)18(24)11-23/h6-10,12,14,18,23-24H,2-5,11H2,1H3,(H,21,22,25)/b16-10+. The van der Waals surface area contributed by atoms with Gasteiger partial charge in [0.2, 0.25) is 0 Å². The van der Waals surface area contributed by atoms with Crippen LogP contribution >= 0.6 is 11.3 Å². The van der Waals surface area contributed by atoms with Crippen LogP contribution in [0.1, 0.15) is 48.6 Å². The number of benzene rings is 1. The number of aliphatic hydroxyl groups excluding tert-OH is 2. The molecule has 0 aliphatic heterocycles. The maximum absolute atomic E-state index is 12.9. The van der Waals surface area contributed by atoms with Crippen molar-refractivity contribution in [2.24, 2.45) is 5.92 Å². The van der Waals surface area contributed by atoms with E-state index < -0.39 is 12.7 Å². The highest BCUT2D eigenvalue weighted by molar-refractivity contribution is 7.14. The molecule has 1 aromatic carbocycles. The highest BCUT2D eigenvalue weighted by Gasteiger charge is 2.20. The maximum atomic E-state index is 12.9. The van der Waals surface area contributed by atoms with Gasteiger partial charge in [0, 0.05) is 11.0 Å². The maximum Gasteiger partial charge on any atom is 0.257 e. The molecule has 1 atom stereocenters. The van der Waals surface area contributed by atoms with Crippen LogP contribution < -0.4 is 5.32 Å². The van der Waals surface area contributed by atoms with E-state index in [1.165, 1.54) is 24.2 Å². The molecule has 3 N–H and O–H groups in total. The fourth-order valence-corrected chi connectivity index (χ4v) is 3.90. The number of aliphatic hydroxyl groups is 2. The van der Waals surface area contributed by atoms with Crippen molar-refractivity contribution in [3.05, 3.63) is 52.5 Å². The van der Waals surface area contributed by atoms with Crippen LogP contribution in [0.2, 0.25) is 0 Å². The number of rotatable bonds is 6. The summed E-state index contributed by atoms with van der Waals surface area (Å²) in [5.74, 6) is 0.236. The van der Waals surface area contributed by atoms with Gasteiger partial charge in [0.1, 0.15) is 6.10 Å². The largest absolute Gasteiger partial charge is 0.393 e. The number of allylic oxidation sites excluding steroid dienone is 1. The lowest BCUT2D eigenvalue weighted by atomic mass is 9.97. The average molecular weight is 372 g/mol. The molecule has 0 radical (unpaired) electrons. The Labute approximate surface area is 157 Å². The number of nitrogens with one attached hydrogen (secondary N) is 1. The van der Waals surface area contributed by atoms with E-state index in [1.807, 2.05) is 31.2 Å². The Kier molecular flexibility index (Phi) is 6.19. The number of amides is 1. The first-order valence-corrected chi connectivity index (χ1v) is 9.79. The first kappa shape index (κ1) is 18.8. The minimum absolute atomic E-state index is 0.194. The quantitative estimate of drug-likeness (QED) is 0.676. The summed E-state index contributed by atoms with van der Waals surface area (Å²) < 4.78 is 0. The van der Waals surface area contributed by atoms with Crippen molar-refractivity contribution in [2.45, 2.75) is 38.7 Å². The lowest BCUT2D eigenvalue weighted by Crippen LogP contribution is -2.15. The molecule has 1 aromatic heterocycles. The molecule has 0 spiro atoms. The van der Waals surface area contributed by atoms with Gasteiger partial charge in [-0.25, -0.2) is 4.98 Å². The number of hydrogen-bond acceptors (Lipinski definition) is 5. The van der Waals surface area contributed by atoms with E-state index in [1.54, 1.807) is 5.38 Å². The summed E-state index contributed by atoms with van der Waals surface area (Å²) >= 11 is 1.24. The topological polar surface area (TPSA) is 82.5 Å². The van der Waals surface area contributed by atoms with Crippen molar-refractivity contribution in [3.8, 4) is 0 Å². The Hall–Kier alpha value is -2.02. The molecule has 0 saturated heterocycles. The summed E-state index contributed by atoms with van der Waals surface area (Å²) in [4.78, 5) is 17.1. The number of carbonyl (C=O) groups excluding carboxylic acids is 1. The van der Waals surface area contributed by atoms with E-state index in [2.05, 4.69) is 16.4 Å². The van der Waals surface area contributed by atoms with Crippen LogP contribution in [-0.2, 0) is 4.79 Å². The second-order valence-electron chi connectivity index (χ2n) is 6.72. The molecular weight excluding hydrogens is 348 g/mol. The summed E-state index contributed by atoms with van der Waals surface area (Å²) in [7, 11) is 0. The van der Waals surface area contributed by atoms with Crippen LogP contribution in [0, 0.1) is 12.8 Å². The van der Waals surface area contributed by atoms with Gasteiger partial charge in [0.05, 0.1) is 12.3 Å². The minimum atomic E-state index is -1.03. The van der Waals surface area contributed by atoms with Crippen molar-refractivity contribution in [3.63, 3.8) is 0 Å². The Bertz CT molecular complexity index is 777. The number of carbonyl (C=O) groups is 1. The van der Waals surface area contributed by atoms with Gasteiger partial charge < -0.3 is 10.2 Å².